The Morgan fingerprint density at radius 1 is 1.45 bits per heavy atom. The highest BCUT2D eigenvalue weighted by atomic mass is 32.1. The Morgan fingerprint density at radius 3 is 2.70 bits per heavy atom. The molecule has 1 unspecified atom stereocenters. The minimum atomic E-state index is -0.496. The molecule has 2 heterocycles. The second-order valence-corrected chi connectivity index (χ2v) is 6.93. The van der Waals surface area contributed by atoms with Crippen molar-refractivity contribution >= 4 is 21.6 Å². The van der Waals surface area contributed by atoms with Gasteiger partial charge in [0.15, 0.2) is 0 Å². The molecule has 0 aliphatic heterocycles. The first-order chi connectivity index (χ1) is 9.22. The molecule has 0 radical (unpaired) electrons. The van der Waals surface area contributed by atoms with Crippen molar-refractivity contribution in [2.24, 2.45) is 0 Å². The van der Waals surface area contributed by atoms with E-state index in [1.54, 1.807) is 6.92 Å². The summed E-state index contributed by atoms with van der Waals surface area (Å²) in [5.41, 5.74) is 0.473. The van der Waals surface area contributed by atoms with Crippen molar-refractivity contribution in [2.75, 3.05) is 0 Å². The topological polar surface area (TPSA) is 78.0 Å². The Labute approximate surface area is 122 Å². The molecule has 0 amide bonds. The highest BCUT2D eigenvalue weighted by Crippen LogP contribution is 2.25. The van der Waals surface area contributed by atoms with Crippen molar-refractivity contribution < 1.29 is 5.11 Å². The summed E-state index contributed by atoms with van der Waals surface area (Å²) in [6.07, 6.45) is -0.496. The fraction of sp³-hybridized carbons (Fsp3) is 0.571. The van der Waals surface area contributed by atoms with Crippen LogP contribution in [0.25, 0.3) is 10.2 Å². The summed E-state index contributed by atoms with van der Waals surface area (Å²) in [5, 5.41) is 13.6. The lowest BCUT2D eigenvalue weighted by Crippen LogP contribution is -2.48. The molecule has 2 aromatic rings. The van der Waals surface area contributed by atoms with Crippen LogP contribution in [0.4, 0.5) is 0 Å². The maximum atomic E-state index is 12.1. The van der Waals surface area contributed by atoms with Crippen LogP contribution in [0.2, 0.25) is 0 Å². The molecule has 20 heavy (non-hydrogen) atoms. The van der Waals surface area contributed by atoms with Gasteiger partial charge in [0, 0.05) is 10.4 Å². The zero-order chi connectivity index (χ0) is 15.1. The second-order valence-electron chi connectivity index (χ2n) is 5.73. The van der Waals surface area contributed by atoms with Crippen LogP contribution in [0, 0.1) is 13.8 Å². The number of hydrogen-bond acceptors (Lipinski definition) is 5. The van der Waals surface area contributed by atoms with Crippen LogP contribution in [-0.4, -0.2) is 26.7 Å². The lowest BCUT2D eigenvalue weighted by atomic mass is 9.99. The standard InChI is InChI=1S/C14H21N3O2S/c1-7-8(2)20-13-11(7)12(19)16-10(17-13)6-15-14(4,5)9(3)18/h9,15,18H,6H2,1-5H3,(H,16,17,19). The van der Waals surface area contributed by atoms with E-state index in [2.05, 4.69) is 15.3 Å². The third-order valence-corrected chi connectivity index (χ3v) is 4.95. The Kier molecular flexibility index (Phi) is 4.00. The van der Waals surface area contributed by atoms with E-state index >= 15 is 0 Å². The van der Waals surface area contributed by atoms with Crippen molar-refractivity contribution in [3.8, 4) is 0 Å². The number of nitrogens with zero attached hydrogens (tertiary/aromatic N) is 1. The predicted molar refractivity (Wildman–Crippen MR) is 82.3 cm³/mol. The molecule has 0 saturated heterocycles. The first-order valence-electron chi connectivity index (χ1n) is 6.64. The molecule has 0 spiro atoms. The number of H-pyrrole nitrogens is 1. The Hall–Kier alpha value is -1.24. The minimum Gasteiger partial charge on any atom is -0.392 e. The highest BCUT2D eigenvalue weighted by molar-refractivity contribution is 7.18. The molecule has 6 heteroatoms. The van der Waals surface area contributed by atoms with Gasteiger partial charge in [-0.3, -0.25) is 4.79 Å². The monoisotopic (exact) mass is 295 g/mol. The lowest BCUT2D eigenvalue weighted by molar-refractivity contribution is 0.0951. The van der Waals surface area contributed by atoms with Crippen LogP contribution in [0.5, 0.6) is 0 Å². The van der Waals surface area contributed by atoms with Gasteiger partial charge >= 0.3 is 0 Å². The van der Waals surface area contributed by atoms with Crippen molar-refractivity contribution in [1.29, 1.82) is 0 Å². The summed E-state index contributed by atoms with van der Waals surface area (Å²) in [7, 11) is 0. The van der Waals surface area contributed by atoms with Gasteiger partial charge in [-0.15, -0.1) is 11.3 Å². The van der Waals surface area contributed by atoms with Crippen LogP contribution < -0.4 is 10.9 Å². The van der Waals surface area contributed by atoms with Crippen molar-refractivity contribution in [1.82, 2.24) is 15.3 Å². The highest BCUT2D eigenvalue weighted by Gasteiger charge is 2.23. The number of fused-ring (bicyclic) bond motifs is 1. The minimum absolute atomic E-state index is 0.0940. The molecule has 110 valence electrons. The molecule has 2 aromatic heterocycles. The van der Waals surface area contributed by atoms with Gasteiger partial charge in [0.2, 0.25) is 0 Å². The number of aryl methyl sites for hydroxylation is 2. The number of aromatic amines is 1. The molecule has 5 nitrogen and oxygen atoms in total. The predicted octanol–water partition coefficient (Wildman–Crippen LogP) is 1.85. The molecule has 0 saturated carbocycles. The van der Waals surface area contributed by atoms with Crippen molar-refractivity contribution in [2.45, 2.75) is 52.8 Å². The van der Waals surface area contributed by atoms with Crippen LogP contribution in [0.15, 0.2) is 4.79 Å². The largest absolute Gasteiger partial charge is 0.392 e. The zero-order valence-corrected chi connectivity index (χ0v) is 13.3. The maximum absolute atomic E-state index is 12.1. The van der Waals surface area contributed by atoms with Crippen LogP contribution in [0.3, 0.4) is 0 Å². The van der Waals surface area contributed by atoms with Gasteiger partial charge in [-0.05, 0) is 40.2 Å². The Morgan fingerprint density at radius 2 is 2.10 bits per heavy atom. The quantitative estimate of drug-likeness (QED) is 0.804. The summed E-state index contributed by atoms with van der Waals surface area (Å²) in [4.78, 5) is 21.3. The lowest BCUT2D eigenvalue weighted by Gasteiger charge is -2.29. The van der Waals surface area contributed by atoms with Crippen LogP contribution in [0.1, 0.15) is 37.0 Å². The first-order valence-corrected chi connectivity index (χ1v) is 7.46. The maximum Gasteiger partial charge on any atom is 0.259 e. The van der Waals surface area contributed by atoms with Crippen molar-refractivity contribution in [3.05, 3.63) is 26.6 Å². The number of nitrogens with one attached hydrogen (secondary N) is 2. The van der Waals surface area contributed by atoms with Gasteiger partial charge in [0.1, 0.15) is 10.7 Å². The van der Waals surface area contributed by atoms with Gasteiger partial charge in [-0.2, -0.15) is 0 Å². The summed E-state index contributed by atoms with van der Waals surface area (Å²) in [5.74, 6) is 0.595. The number of rotatable bonds is 4. The van der Waals surface area contributed by atoms with Gasteiger partial charge in [0.05, 0.1) is 18.0 Å². The van der Waals surface area contributed by atoms with E-state index in [4.69, 9.17) is 0 Å². The number of hydrogen-bond donors (Lipinski definition) is 3. The average molecular weight is 295 g/mol. The summed E-state index contributed by atoms with van der Waals surface area (Å²) >= 11 is 1.54. The molecular weight excluding hydrogens is 274 g/mol. The van der Waals surface area contributed by atoms with Gasteiger partial charge in [0.25, 0.3) is 5.56 Å². The Balaban J connectivity index is 2.31. The average Bonchev–Trinajstić information content (AvgIpc) is 2.63. The van der Waals surface area contributed by atoms with Gasteiger partial charge in [-0.1, -0.05) is 0 Å². The molecule has 0 aromatic carbocycles. The summed E-state index contributed by atoms with van der Waals surface area (Å²) in [6.45, 7) is 9.91. The molecule has 2 rings (SSSR count). The van der Waals surface area contributed by atoms with E-state index in [0.717, 1.165) is 15.3 Å². The Bertz CT molecular complexity index is 686. The fourth-order valence-electron chi connectivity index (χ4n) is 1.84. The smallest absolute Gasteiger partial charge is 0.259 e. The van der Waals surface area contributed by atoms with E-state index in [1.807, 2.05) is 27.7 Å². The molecule has 0 fully saturated rings. The van der Waals surface area contributed by atoms with E-state index in [1.165, 1.54) is 11.3 Å². The third-order valence-electron chi connectivity index (χ3n) is 3.84. The molecule has 0 aliphatic rings. The molecule has 3 N–H and O–H groups in total. The first kappa shape index (κ1) is 15.2. The van der Waals surface area contributed by atoms with E-state index in [-0.39, 0.29) is 5.56 Å². The SMILES string of the molecule is Cc1sc2nc(CNC(C)(C)C(C)O)[nH]c(=O)c2c1C. The molecule has 1 atom stereocenters. The normalized spacial score (nSPS) is 13.9. The summed E-state index contributed by atoms with van der Waals surface area (Å²) in [6, 6.07) is 0. The second kappa shape index (κ2) is 5.27. The molecule has 0 aliphatic carbocycles. The van der Waals surface area contributed by atoms with Crippen LogP contribution in [-0.2, 0) is 6.54 Å². The fourth-order valence-corrected chi connectivity index (χ4v) is 2.89. The number of aliphatic hydroxyl groups is 1. The van der Waals surface area contributed by atoms with Crippen LogP contribution >= 0.6 is 11.3 Å². The van der Waals surface area contributed by atoms with E-state index in [0.29, 0.717) is 17.8 Å². The zero-order valence-electron chi connectivity index (χ0n) is 12.5. The van der Waals surface area contributed by atoms with E-state index in [9.17, 15) is 9.90 Å². The number of thiophene rings is 1. The van der Waals surface area contributed by atoms with E-state index < -0.39 is 11.6 Å². The van der Waals surface area contributed by atoms with Gasteiger partial charge < -0.3 is 15.4 Å². The summed E-state index contributed by atoms with van der Waals surface area (Å²) < 4.78 is 0. The molecular formula is C14H21N3O2S. The number of aliphatic hydroxyl groups excluding tert-OH is 1. The number of aromatic nitrogens is 2. The molecule has 0 bridgehead atoms. The van der Waals surface area contributed by atoms with Gasteiger partial charge in [-0.25, -0.2) is 4.98 Å². The third kappa shape index (κ3) is 2.77. The van der Waals surface area contributed by atoms with Crippen molar-refractivity contribution in [3.63, 3.8) is 0 Å².